The van der Waals surface area contributed by atoms with Crippen molar-refractivity contribution in [2.24, 2.45) is 0 Å². The van der Waals surface area contributed by atoms with Crippen molar-refractivity contribution in [3.05, 3.63) is 0 Å². The number of carbonyl (C=O) groups is 1. The quantitative estimate of drug-likeness (QED) is 0.515. The maximum atomic E-state index is 10.6. The van der Waals surface area contributed by atoms with Crippen LogP contribution in [0.25, 0.3) is 0 Å². The monoisotopic (exact) mass is 179 g/mol. The highest BCUT2D eigenvalue weighted by Gasteiger charge is 2.18. The van der Waals surface area contributed by atoms with Crippen LogP contribution in [0.5, 0.6) is 0 Å². The molecule has 5 heteroatoms. The van der Waals surface area contributed by atoms with E-state index in [1.165, 1.54) is 0 Å². The van der Waals surface area contributed by atoms with Gasteiger partial charge in [0, 0.05) is 4.57 Å². The Morgan fingerprint density at radius 1 is 1.55 bits per heavy atom. The van der Waals surface area contributed by atoms with Gasteiger partial charge >= 0.3 is 14.2 Å². The van der Waals surface area contributed by atoms with Crippen LogP contribution in [0.15, 0.2) is 0 Å². The molecule has 0 aromatic rings. The molecule has 4 nitrogen and oxygen atoms in total. The molecule has 0 aromatic carbocycles. The molecule has 64 valence electrons. The lowest BCUT2D eigenvalue weighted by atomic mass is 10.2. The first-order valence-corrected chi connectivity index (χ1v) is 4.66. The topological polar surface area (TPSA) is 63.6 Å². The summed E-state index contributed by atoms with van der Waals surface area (Å²) >= 11 is 0. The average Bonchev–Trinajstić information content (AvgIpc) is 1.86. The molecule has 0 fully saturated rings. The van der Waals surface area contributed by atoms with Crippen molar-refractivity contribution < 1.29 is 18.8 Å². The molecule has 0 bridgehead atoms. The van der Waals surface area contributed by atoms with Gasteiger partial charge in [-0.05, 0) is 6.42 Å². The maximum absolute atomic E-state index is 10.6. The predicted octanol–water partition coefficient (Wildman–Crippen LogP) is 1.76. The lowest BCUT2D eigenvalue weighted by Gasteiger charge is -1.90. The first kappa shape index (κ1) is 10.5. The third-order valence-electron chi connectivity index (χ3n) is 1.16. The molecule has 0 aliphatic carbocycles. The van der Waals surface area contributed by atoms with E-state index >= 15 is 0 Å². The predicted molar refractivity (Wildman–Crippen MR) is 40.1 cm³/mol. The number of hydrogen-bond acceptors (Lipinski definition) is 3. The van der Waals surface area contributed by atoms with Crippen LogP contribution in [-0.2, 0) is 13.9 Å². The molecule has 1 atom stereocenters. The van der Waals surface area contributed by atoms with Crippen LogP contribution in [-0.4, -0.2) is 10.9 Å². The second kappa shape index (κ2) is 6.25. The van der Waals surface area contributed by atoms with Gasteiger partial charge < -0.3 is 0 Å². The van der Waals surface area contributed by atoms with Crippen LogP contribution in [0.3, 0.4) is 0 Å². The molecule has 0 radical (unpaired) electrons. The van der Waals surface area contributed by atoms with Crippen molar-refractivity contribution in [2.45, 2.75) is 32.6 Å². The Labute approximate surface area is 66.5 Å². The van der Waals surface area contributed by atoms with Gasteiger partial charge in [0.25, 0.3) is 0 Å². The largest absolute Gasteiger partial charge is 0.750 e. The van der Waals surface area contributed by atoms with Crippen LogP contribution in [0.4, 0.5) is 0 Å². The van der Waals surface area contributed by atoms with E-state index in [0.29, 0.717) is 0 Å². The van der Waals surface area contributed by atoms with E-state index in [1.54, 1.807) is 0 Å². The molecular formula is C6H12O4P+. The van der Waals surface area contributed by atoms with Crippen LogP contribution >= 0.6 is 8.25 Å². The molecule has 1 N–H and O–H groups in total. The highest BCUT2D eigenvalue weighted by atomic mass is 31.1. The van der Waals surface area contributed by atoms with E-state index in [-0.39, 0.29) is 6.42 Å². The Morgan fingerprint density at radius 3 is 2.64 bits per heavy atom. The maximum Gasteiger partial charge on any atom is 0.750 e. The Bertz CT molecular complexity index is 146. The zero-order valence-corrected chi connectivity index (χ0v) is 7.34. The van der Waals surface area contributed by atoms with Gasteiger partial charge in [0.1, 0.15) is 0 Å². The molecule has 0 amide bonds. The van der Waals surface area contributed by atoms with Gasteiger partial charge in [0.05, 0.1) is 6.42 Å². The second-order valence-corrected chi connectivity index (χ2v) is 2.82. The van der Waals surface area contributed by atoms with Gasteiger partial charge in [-0.3, -0.25) is 0 Å². The molecule has 0 aliphatic rings. The Kier molecular flexibility index (Phi) is 5.99. The zero-order chi connectivity index (χ0) is 8.69. The molecule has 0 saturated heterocycles. The summed E-state index contributed by atoms with van der Waals surface area (Å²) in [6.07, 6.45) is 2.91. The number of unbranched alkanes of at least 4 members (excludes halogenated alkanes) is 2. The molecule has 0 heterocycles. The minimum atomic E-state index is -2.76. The van der Waals surface area contributed by atoms with E-state index < -0.39 is 14.2 Å². The summed E-state index contributed by atoms with van der Waals surface area (Å²) in [6.45, 7) is 2.01. The van der Waals surface area contributed by atoms with Crippen molar-refractivity contribution in [3.63, 3.8) is 0 Å². The molecule has 1 unspecified atom stereocenters. The molecule has 0 aromatic heterocycles. The summed E-state index contributed by atoms with van der Waals surface area (Å²) in [5.41, 5.74) is 0. The van der Waals surface area contributed by atoms with Crippen LogP contribution in [0.2, 0.25) is 0 Å². The third kappa shape index (κ3) is 7.43. The number of rotatable bonds is 5. The minimum Gasteiger partial charge on any atom is -0.247 e. The molecule has 0 spiro atoms. The van der Waals surface area contributed by atoms with Crippen LogP contribution < -0.4 is 0 Å². The van der Waals surface area contributed by atoms with Gasteiger partial charge in [-0.15, -0.1) is 4.89 Å². The van der Waals surface area contributed by atoms with E-state index in [4.69, 9.17) is 4.89 Å². The lowest BCUT2D eigenvalue weighted by Crippen LogP contribution is -1.97. The highest BCUT2D eigenvalue weighted by molar-refractivity contribution is 7.32. The summed E-state index contributed by atoms with van der Waals surface area (Å²) in [5, 5.41) is 0. The van der Waals surface area contributed by atoms with Crippen molar-refractivity contribution in [3.8, 4) is 0 Å². The molecule has 0 aliphatic heterocycles. The molecule has 0 rings (SSSR count). The fourth-order valence-corrected chi connectivity index (χ4v) is 0.918. The van der Waals surface area contributed by atoms with Gasteiger partial charge in [0.2, 0.25) is 0 Å². The minimum absolute atomic E-state index is 0.232. The van der Waals surface area contributed by atoms with E-state index in [1.807, 2.05) is 6.92 Å². The molecular weight excluding hydrogens is 167 g/mol. The number of hydrogen-bond donors (Lipinski definition) is 1. The average molecular weight is 179 g/mol. The van der Waals surface area contributed by atoms with Crippen LogP contribution in [0, 0.1) is 0 Å². The smallest absolute Gasteiger partial charge is 0.247 e. The van der Waals surface area contributed by atoms with Crippen molar-refractivity contribution in [2.75, 3.05) is 0 Å². The first-order valence-electron chi connectivity index (χ1n) is 3.53. The fraction of sp³-hybridized carbons (Fsp3) is 0.833. The molecule has 11 heavy (non-hydrogen) atoms. The summed E-state index contributed by atoms with van der Waals surface area (Å²) in [4.78, 5) is 18.7. The van der Waals surface area contributed by atoms with Gasteiger partial charge in [-0.1, -0.05) is 19.8 Å². The summed E-state index contributed by atoms with van der Waals surface area (Å²) in [7, 11) is -2.76. The Balaban J connectivity index is 3.30. The summed E-state index contributed by atoms with van der Waals surface area (Å²) < 4.78 is 14.0. The Morgan fingerprint density at radius 2 is 2.18 bits per heavy atom. The van der Waals surface area contributed by atoms with Crippen molar-refractivity contribution >= 4 is 14.2 Å². The summed E-state index contributed by atoms with van der Waals surface area (Å²) in [6, 6.07) is 0. The lowest BCUT2D eigenvalue weighted by molar-refractivity contribution is -0.134. The van der Waals surface area contributed by atoms with Gasteiger partial charge in [-0.2, -0.15) is 4.52 Å². The normalized spacial score (nSPS) is 10.9. The molecule has 0 saturated carbocycles. The fourth-order valence-electron chi connectivity index (χ4n) is 0.652. The van der Waals surface area contributed by atoms with E-state index in [0.717, 1.165) is 19.3 Å². The van der Waals surface area contributed by atoms with Crippen molar-refractivity contribution in [1.29, 1.82) is 0 Å². The third-order valence-corrected chi connectivity index (χ3v) is 1.52. The van der Waals surface area contributed by atoms with Gasteiger partial charge in [-0.25, -0.2) is 4.79 Å². The first-order chi connectivity index (χ1) is 5.16. The number of carbonyl (C=O) groups excluding carboxylic acids is 1. The zero-order valence-electron chi connectivity index (χ0n) is 6.45. The standard InChI is InChI=1S/C6H11O4P/c1-2-3-4-5-6(7)10-11(8)9/h2-5H2,1H3/p+1. The van der Waals surface area contributed by atoms with Crippen molar-refractivity contribution in [1.82, 2.24) is 0 Å². The van der Waals surface area contributed by atoms with Crippen LogP contribution in [0.1, 0.15) is 32.6 Å². The van der Waals surface area contributed by atoms with Gasteiger partial charge in [0.15, 0.2) is 0 Å². The van der Waals surface area contributed by atoms with E-state index in [2.05, 4.69) is 4.52 Å². The highest BCUT2D eigenvalue weighted by Crippen LogP contribution is 2.16. The van der Waals surface area contributed by atoms with E-state index in [9.17, 15) is 9.36 Å². The second-order valence-electron chi connectivity index (χ2n) is 2.16. The Hall–Kier alpha value is -0.470. The SMILES string of the molecule is CCCCCC(=O)O[P+](=O)O. The summed E-state index contributed by atoms with van der Waals surface area (Å²) in [5.74, 6) is -0.595.